The molecule has 0 atom stereocenters. The molecule has 0 radical (unpaired) electrons. The molecule has 1 fully saturated rings. The molecule has 0 bridgehead atoms. The van der Waals surface area contributed by atoms with Gasteiger partial charge in [0.05, 0.1) is 17.6 Å². The van der Waals surface area contributed by atoms with Crippen LogP contribution in [-0.2, 0) is 16.4 Å². The summed E-state index contributed by atoms with van der Waals surface area (Å²) in [6.07, 6.45) is 4.43. The monoisotopic (exact) mass is 430 g/mol. The second-order valence-electron chi connectivity index (χ2n) is 7.68. The summed E-state index contributed by atoms with van der Waals surface area (Å²) in [5.74, 6) is 0.0376. The van der Waals surface area contributed by atoms with E-state index in [1.807, 2.05) is 6.07 Å². The van der Waals surface area contributed by atoms with Gasteiger partial charge in [0.15, 0.2) is 0 Å². The maximum atomic E-state index is 13.0. The van der Waals surface area contributed by atoms with E-state index in [0.717, 1.165) is 32.1 Å². The second kappa shape index (κ2) is 10.1. The molecule has 1 amide bonds. The highest BCUT2D eigenvalue weighted by Crippen LogP contribution is 2.26. The number of rotatable bonds is 8. The van der Waals surface area contributed by atoms with Gasteiger partial charge in [-0.1, -0.05) is 36.2 Å². The molecule has 1 N–H and O–H groups in total. The molecule has 30 heavy (non-hydrogen) atoms. The Hall–Kier alpha value is -2.38. The second-order valence-corrected chi connectivity index (χ2v) is 9.61. The van der Waals surface area contributed by atoms with Gasteiger partial charge in [-0.25, -0.2) is 8.42 Å². The van der Waals surface area contributed by atoms with Crippen molar-refractivity contribution in [3.63, 3.8) is 0 Å². The van der Waals surface area contributed by atoms with Crippen LogP contribution in [0.15, 0.2) is 47.4 Å². The topological polar surface area (TPSA) is 75.7 Å². The minimum Gasteiger partial charge on any atom is -0.496 e. The molecular weight excluding hydrogens is 400 g/mol. The Morgan fingerprint density at radius 2 is 1.87 bits per heavy atom. The predicted molar refractivity (Wildman–Crippen MR) is 117 cm³/mol. The number of carbonyl (C=O) groups excluding carboxylic acids is 1. The molecule has 0 aliphatic carbocycles. The number of hydrogen-bond donors (Lipinski definition) is 1. The molecule has 2 aromatic rings. The number of nitrogens with one attached hydrogen (secondary N) is 1. The average Bonchev–Trinajstić information content (AvgIpc) is 2.76. The lowest BCUT2D eigenvalue weighted by Crippen LogP contribution is -2.35. The molecular formula is C23H30N2O4S. The number of benzene rings is 2. The first-order valence-corrected chi connectivity index (χ1v) is 11.9. The minimum atomic E-state index is -3.61. The van der Waals surface area contributed by atoms with Gasteiger partial charge in [-0.05, 0) is 56.4 Å². The highest BCUT2D eigenvalue weighted by molar-refractivity contribution is 7.89. The quantitative estimate of drug-likeness (QED) is 0.650. The molecule has 6 nitrogen and oxygen atoms in total. The molecule has 3 rings (SSSR count). The number of aryl methyl sites for hydroxylation is 2. The summed E-state index contributed by atoms with van der Waals surface area (Å²) in [5, 5.41) is 2.89. The van der Waals surface area contributed by atoms with Crippen LogP contribution in [0.2, 0.25) is 0 Å². The van der Waals surface area contributed by atoms with Crippen molar-refractivity contribution in [2.45, 2.75) is 43.9 Å². The van der Waals surface area contributed by atoms with E-state index in [0.29, 0.717) is 25.4 Å². The summed E-state index contributed by atoms with van der Waals surface area (Å²) in [4.78, 5) is 12.9. The van der Waals surface area contributed by atoms with E-state index in [2.05, 4.69) is 30.4 Å². The Balaban J connectivity index is 1.67. The lowest BCUT2D eigenvalue weighted by atomic mass is 10.1. The summed E-state index contributed by atoms with van der Waals surface area (Å²) >= 11 is 0. The van der Waals surface area contributed by atoms with Crippen molar-refractivity contribution in [1.82, 2.24) is 9.62 Å². The van der Waals surface area contributed by atoms with Gasteiger partial charge in [0.1, 0.15) is 5.75 Å². The standard InChI is InChI=1S/C23H30N2O4S/c1-18-8-6-9-19(16-18)10-7-13-24-23(26)21-17-20(11-12-22(21)29-2)30(27,28)25-14-4-3-5-15-25/h6,8-9,11-12,16-17H,3-5,7,10,13-15H2,1-2H3,(H,24,26). The molecule has 1 heterocycles. The van der Waals surface area contributed by atoms with Crippen LogP contribution in [-0.4, -0.2) is 45.4 Å². The zero-order valence-corrected chi connectivity index (χ0v) is 18.5. The van der Waals surface area contributed by atoms with Crippen molar-refractivity contribution in [2.75, 3.05) is 26.7 Å². The Morgan fingerprint density at radius 3 is 2.57 bits per heavy atom. The van der Waals surface area contributed by atoms with E-state index in [1.54, 1.807) is 6.07 Å². The maximum absolute atomic E-state index is 13.0. The van der Waals surface area contributed by atoms with Crippen LogP contribution >= 0.6 is 0 Å². The Bertz CT molecular complexity index is 982. The number of ether oxygens (including phenoxy) is 1. The first-order chi connectivity index (χ1) is 14.4. The molecule has 2 aromatic carbocycles. The van der Waals surface area contributed by atoms with Gasteiger partial charge in [0.25, 0.3) is 5.91 Å². The highest BCUT2D eigenvalue weighted by atomic mass is 32.2. The summed E-state index contributed by atoms with van der Waals surface area (Å²) in [7, 11) is -2.14. The molecule has 1 saturated heterocycles. The van der Waals surface area contributed by atoms with Crippen LogP contribution in [0.4, 0.5) is 0 Å². The van der Waals surface area contributed by atoms with Crippen LogP contribution in [0.5, 0.6) is 5.75 Å². The van der Waals surface area contributed by atoms with Crippen molar-refractivity contribution < 1.29 is 17.9 Å². The third-order valence-electron chi connectivity index (χ3n) is 5.38. The molecule has 7 heteroatoms. The number of amides is 1. The maximum Gasteiger partial charge on any atom is 0.255 e. The van der Waals surface area contributed by atoms with E-state index < -0.39 is 10.0 Å². The zero-order valence-electron chi connectivity index (χ0n) is 17.7. The fourth-order valence-corrected chi connectivity index (χ4v) is 5.28. The van der Waals surface area contributed by atoms with E-state index in [9.17, 15) is 13.2 Å². The van der Waals surface area contributed by atoms with Crippen LogP contribution < -0.4 is 10.1 Å². The fraction of sp³-hybridized carbons (Fsp3) is 0.435. The first kappa shape index (κ1) is 22.3. The molecule has 1 aliphatic rings. The van der Waals surface area contributed by atoms with Crippen LogP contribution in [0.25, 0.3) is 0 Å². The third-order valence-corrected chi connectivity index (χ3v) is 7.27. The van der Waals surface area contributed by atoms with E-state index in [1.165, 1.54) is 34.7 Å². The number of piperidine rings is 1. The van der Waals surface area contributed by atoms with Crippen molar-refractivity contribution >= 4 is 15.9 Å². The van der Waals surface area contributed by atoms with Crippen LogP contribution in [0.1, 0.15) is 47.2 Å². The molecule has 0 unspecified atom stereocenters. The van der Waals surface area contributed by atoms with Crippen molar-refractivity contribution in [2.24, 2.45) is 0 Å². The number of carbonyl (C=O) groups is 1. The van der Waals surface area contributed by atoms with Gasteiger partial charge in [-0.3, -0.25) is 4.79 Å². The normalized spacial score (nSPS) is 15.0. The SMILES string of the molecule is COc1ccc(S(=O)(=O)N2CCCCC2)cc1C(=O)NCCCc1cccc(C)c1. The zero-order chi connectivity index (χ0) is 21.6. The smallest absolute Gasteiger partial charge is 0.255 e. The Labute approximate surface area is 179 Å². The number of hydrogen-bond acceptors (Lipinski definition) is 4. The molecule has 0 spiro atoms. The van der Waals surface area contributed by atoms with Gasteiger partial charge in [0, 0.05) is 19.6 Å². The van der Waals surface area contributed by atoms with Crippen molar-refractivity contribution in [3.8, 4) is 5.75 Å². The van der Waals surface area contributed by atoms with Gasteiger partial charge < -0.3 is 10.1 Å². The van der Waals surface area contributed by atoms with Gasteiger partial charge in [0.2, 0.25) is 10.0 Å². The summed E-state index contributed by atoms with van der Waals surface area (Å²) in [5.41, 5.74) is 2.69. The minimum absolute atomic E-state index is 0.134. The van der Waals surface area contributed by atoms with E-state index in [4.69, 9.17) is 4.74 Å². The summed E-state index contributed by atoms with van der Waals surface area (Å²) in [6, 6.07) is 12.8. The number of nitrogens with zero attached hydrogens (tertiary/aromatic N) is 1. The highest BCUT2D eigenvalue weighted by Gasteiger charge is 2.27. The van der Waals surface area contributed by atoms with Gasteiger partial charge >= 0.3 is 0 Å². The van der Waals surface area contributed by atoms with Crippen molar-refractivity contribution in [3.05, 3.63) is 59.2 Å². The van der Waals surface area contributed by atoms with Gasteiger partial charge in [-0.15, -0.1) is 0 Å². The largest absolute Gasteiger partial charge is 0.496 e. The number of sulfonamides is 1. The lowest BCUT2D eigenvalue weighted by Gasteiger charge is -2.26. The van der Waals surface area contributed by atoms with Crippen LogP contribution in [0.3, 0.4) is 0 Å². The Kier molecular flexibility index (Phi) is 7.50. The summed E-state index contributed by atoms with van der Waals surface area (Å²) < 4.78 is 32.7. The predicted octanol–water partition coefficient (Wildman–Crippen LogP) is 3.54. The first-order valence-electron chi connectivity index (χ1n) is 10.4. The lowest BCUT2D eigenvalue weighted by molar-refractivity contribution is 0.0950. The molecule has 0 saturated carbocycles. The van der Waals surface area contributed by atoms with Crippen LogP contribution in [0, 0.1) is 6.92 Å². The van der Waals surface area contributed by atoms with Crippen molar-refractivity contribution in [1.29, 1.82) is 0 Å². The van der Waals surface area contributed by atoms with Gasteiger partial charge in [-0.2, -0.15) is 4.31 Å². The fourth-order valence-electron chi connectivity index (χ4n) is 3.74. The average molecular weight is 431 g/mol. The molecule has 1 aliphatic heterocycles. The summed E-state index contributed by atoms with van der Waals surface area (Å²) in [6.45, 7) is 3.60. The molecule has 162 valence electrons. The van der Waals surface area contributed by atoms with E-state index >= 15 is 0 Å². The molecule has 0 aromatic heterocycles. The Morgan fingerprint density at radius 1 is 1.10 bits per heavy atom. The van der Waals surface area contributed by atoms with E-state index in [-0.39, 0.29) is 16.4 Å². The third kappa shape index (κ3) is 5.40. The number of methoxy groups -OCH3 is 1.